The van der Waals surface area contributed by atoms with E-state index >= 15 is 0 Å². The van der Waals surface area contributed by atoms with E-state index in [-0.39, 0.29) is 5.82 Å². The number of rotatable bonds is 6. The van der Waals surface area contributed by atoms with Crippen molar-refractivity contribution < 1.29 is 4.39 Å². The Morgan fingerprint density at radius 2 is 2.26 bits per heavy atom. The number of halogens is 2. The molecule has 1 saturated heterocycles. The van der Waals surface area contributed by atoms with Crippen molar-refractivity contribution in [2.24, 2.45) is 4.99 Å². The van der Waals surface area contributed by atoms with Crippen molar-refractivity contribution >= 4 is 17.6 Å². The number of benzene rings is 1. The van der Waals surface area contributed by atoms with Crippen molar-refractivity contribution in [2.75, 3.05) is 33.2 Å². The van der Waals surface area contributed by atoms with Crippen LogP contribution in [-0.4, -0.2) is 50.1 Å². The maximum Gasteiger partial charge on any atom is 0.191 e. The van der Waals surface area contributed by atoms with Crippen molar-refractivity contribution in [3.05, 3.63) is 34.6 Å². The number of likely N-dealkylation sites (tertiary alicyclic amines) is 1. The maximum atomic E-state index is 13.0. The highest BCUT2D eigenvalue weighted by molar-refractivity contribution is 6.31. The lowest BCUT2D eigenvalue weighted by atomic mass is 10.1. The van der Waals surface area contributed by atoms with Gasteiger partial charge in [0.2, 0.25) is 0 Å². The van der Waals surface area contributed by atoms with Crippen molar-refractivity contribution in [3.8, 4) is 0 Å². The average Bonchev–Trinajstić information content (AvgIpc) is 3.00. The monoisotopic (exact) mass is 340 g/mol. The Bertz CT molecular complexity index is 535. The molecule has 1 atom stereocenters. The Kier molecular flexibility index (Phi) is 7.12. The number of likely N-dealkylation sites (N-methyl/N-ethyl adjacent to an activating group) is 1. The van der Waals surface area contributed by atoms with Gasteiger partial charge in [-0.2, -0.15) is 0 Å². The van der Waals surface area contributed by atoms with E-state index in [1.165, 1.54) is 31.5 Å². The van der Waals surface area contributed by atoms with Crippen LogP contribution in [0.4, 0.5) is 4.39 Å². The zero-order valence-electron chi connectivity index (χ0n) is 13.9. The van der Waals surface area contributed by atoms with Gasteiger partial charge in [0.15, 0.2) is 5.96 Å². The zero-order valence-corrected chi connectivity index (χ0v) is 14.7. The minimum absolute atomic E-state index is 0.304. The molecular formula is C17H26ClFN4. The molecule has 0 saturated carbocycles. The van der Waals surface area contributed by atoms with Gasteiger partial charge in [-0.05, 0) is 50.0 Å². The summed E-state index contributed by atoms with van der Waals surface area (Å²) in [5, 5.41) is 7.15. The van der Waals surface area contributed by atoms with E-state index < -0.39 is 0 Å². The van der Waals surface area contributed by atoms with Crippen molar-refractivity contribution in [1.82, 2.24) is 15.5 Å². The molecule has 2 rings (SSSR count). The standard InChI is InChI=1S/C17H26ClFN4/c1-3-23-10-4-5-15(23)12-22-17(20-2)21-9-8-13-6-7-14(19)11-16(13)18/h6-7,11,15H,3-5,8-10,12H2,1-2H3,(H2,20,21,22). The molecule has 1 fully saturated rings. The zero-order chi connectivity index (χ0) is 16.7. The third-order valence-corrected chi connectivity index (χ3v) is 4.69. The topological polar surface area (TPSA) is 39.7 Å². The Hall–Kier alpha value is -1.33. The van der Waals surface area contributed by atoms with Crippen LogP contribution in [0.3, 0.4) is 0 Å². The van der Waals surface area contributed by atoms with Gasteiger partial charge in [-0.25, -0.2) is 4.39 Å². The molecule has 23 heavy (non-hydrogen) atoms. The molecule has 1 aliphatic rings. The highest BCUT2D eigenvalue weighted by atomic mass is 35.5. The third kappa shape index (κ3) is 5.36. The van der Waals surface area contributed by atoms with Crippen LogP contribution in [0, 0.1) is 5.82 Å². The number of nitrogens with zero attached hydrogens (tertiary/aromatic N) is 2. The number of aliphatic imine (C=N–C) groups is 1. The molecule has 0 aromatic heterocycles. The minimum Gasteiger partial charge on any atom is -0.356 e. The van der Waals surface area contributed by atoms with E-state index in [0.29, 0.717) is 17.6 Å². The molecule has 1 aromatic carbocycles. The van der Waals surface area contributed by atoms with Gasteiger partial charge in [0, 0.05) is 31.2 Å². The largest absolute Gasteiger partial charge is 0.356 e. The second kappa shape index (κ2) is 9.08. The Labute approximate surface area is 143 Å². The van der Waals surface area contributed by atoms with E-state index in [1.54, 1.807) is 13.1 Å². The lowest BCUT2D eigenvalue weighted by molar-refractivity contribution is 0.267. The Morgan fingerprint density at radius 1 is 1.43 bits per heavy atom. The first-order valence-electron chi connectivity index (χ1n) is 8.26. The van der Waals surface area contributed by atoms with E-state index in [4.69, 9.17) is 11.6 Å². The SMILES string of the molecule is CCN1CCCC1CNC(=NC)NCCc1ccc(F)cc1Cl. The molecule has 1 aromatic rings. The summed E-state index contributed by atoms with van der Waals surface area (Å²) in [6, 6.07) is 5.11. The minimum atomic E-state index is -0.304. The average molecular weight is 341 g/mol. The molecule has 128 valence electrons. The fourth-order valence-electron chi connectivity index (χ4n) is 3.02. The maximum absolute atomic E-state index is 13.0. The van der Waals surface area contributed by atoms with Crippen LogP contribution >= 0.6 is 11.6 Å². The van der Waals surface area contributed by atoms with Crippen molar-refractivity contribution in [3.63, 3.8) is 0 Å². The molecule has 0 bridgehead atoms. The molecule has 0 radical (unpaired) electrons. The Balaban J connectivity index is 1.74. The first kappa shape index (κ1) is 18.0. The van der Waals surface area contributed by atoms with Crippen LogP contribution in [-0.2, 0) is 6.42 Å². The molecule has 6 heteroatoms. The molecule has 4 nitrogen and oxygen atoms in total. The van der Waals surface area contributed by atoms with Gasteiger partial charge in [0.05, 0.1) is 0 Å². The lowest BCUT2D eigenvalue weighted by Gasteiger charge is -2.24. The predicted octanol–water partition coefficient (Wildman–Crippen LogP) is 2.67. The van der Waals surface area contributed by atoms with Crippen LogP contribution in [0.25, 0.3) is 0 Å². The summed E-state index contributed by atoms with van der Waals surface area (Å²) in [4.78, 5) is 6.75. The molecule has 0 aliphatic carbocycles. The van der Waals surface area contributed by atoms with Crippen molar-refractivity contribution in [1.29, 1.82) is 0 Å². The van der Waals surface area contributed by atoms with Gasteiger partial charge in [0.1, 0.15) is 5.82 Å². The van der Waals surface area contributed by atoms with Gasteiger partial charge in [-0.1, -0.05) is 24.6 Å². The van der Waals surface area contributed by atoms with Gasteiger partial charge >= 0.3 is 0 Å². The number of hydrogen-bond donors (Lipinski definition) is 2. The highest BCUT2D eigenvalue weighted by Gasteiger charge is 2.22. The molecule has 0 amide bonds. The molecule has 1 aliphatic heterocycles. The highest BCUT2D eigenvalue weighted by Crippen LogP contribution is 2.17. The summed E-state index contributed by atoms with van der Waals surface area (Å²) < 4.78 is 13.0. The van der Waals surface area contributed by atoms with Crippen molar-refractivity contribution in [2.45, 2.75) is 32.2 Å². The van der Waals surface area contributed by atoms with E-state index in [9.17, 15) is 4.39 Å². The summed E-state index contributed by atoms with van der Waals surface area (Å²) >= 11 is 6.04. The fraction of sp³-hybridized carbons (Fsp3) is 0.588. The van der Waals surface area contributed by atoms with Crippen LogP contribution in [0.5, 0.6) is 0 Å². The predicted molar refractivity (Wildman–Crippen MR) is 94.7 cm³/mol. The summed E-state index contributed by atoms with van der Waals surface area (Å²) in [7, 11) is 1.77. The Morgan fingerprint density at radius 3 is 2.96 bits per heavy atom. The second-order valence-corrected chi connectivity index (χ2v) is 6.20. The van der Waals surface area contributed by atoms with Gasteiger partial charge < -0.3 is 10.6 Å². The first-order chi connectivity index (χ1) is 11.1. The van der Waals surface area contributed by atoms with Gasteiger partial charge in [0.25, 0.3) is 0 Å². The van der Waals surface area contributed by atoms with E-state index in [2.05, 4.69) is 27.4 Å². The van der Waals surface area contributed by atoms with E-state index in [1.807, 2.05) is 0 Å². The quantitative estimate of drug-likeness (QED) is 0.618. The summed E-state index contributed by atoms with van der Waals surface area (Å²) in [5.41, 5.74) is 0.934. The molecule has 0 spiro atoms. The summed E-state index contributed by atoms with van der Waals surface area (Å²) in [5.74, 6) is 0.493. The fourth-order valence-corrected chi connectivity index (χ4v) is 3.28. The van der Waals surface area contributed by atoms with E-state index in [0.717, 1.165) is 31.0 Å². The summed E-state index contributed by atoms with van der Waals surface area (Å²) in [6.45, 7) is 6.11. The molecule has 1 heterocycles. The number of guanidine groups is 1. The lowest BCUT2D eigenvalue weighted by Crippen LogP contribution is -2.45. The first-order valence-corrected chi connectivity index (χ1v) is 8.64. The molecule has 1 unspecified atom stereocenters. The van der Waals surface area contributed by atoms with Gasteiger partial charge in [-0.3, -0.25) is 9.89 Å². The molecular weight excluding hydrogens is 315 g/mol. The number of nitrogens with one attached hydrogen (secondary N) is 2. The second-order valence-electron chi connectivity index (χ2n) is 5.79. The third-order valence-electron chi connectivity index (χ3n) is 4.34. The normalized spacial score (nSPS) is 19.1. The van der Waals surface area contributed by atoms with Crippen LogP contribution in [0.1, 0.15) is 25.3 Å². The number of hydrogen-bond acceptors (Lipinski definition) is 2. The van der Waals surface area contributed by atoms with Crippen LogP contribution in [0.2, 0.25) is 5.02 Å². The molecule has 2 N–H and O–H groups in total. The van der Waals surface area contributed by atoms with Gasteiger partial charge in [-0.15, -0.1) is 0 Å². The smallest absolute Gasteiger partial charge is 0.191 e. The van der Waals surface area contributed by atoms with Crippen LogP contribution < -0.4 is 10.6 Å². The van der Waals surface area contributed by atoms with Crippen LogP contribution in [0.15, 0.2) is 23.2 Å². The summed E-state index contributed by atoms with van der Waals surface area (Å²) in [6.07, 6.45) is 3.24.